The Labute approximate surface area is 155 Å². The Morgan fingerprint density at radius 2 is 2.08 bits per heavy atom. The number of fused-ring (bicyclic) bond motifs is 1. The largest absolute Gasteiger partial charge is 0.339 e. The van der Waals surface area contributed by atoms with Crippen LogP contribution < -0.4 is 5.56 Å². The summed E-state index contributed by atoms with van der Waals surface area (Å²) in [4.78, 5) is 23.3. The van der Waals surface area contributed by atoms with Gasteiger partial charge in [-0.25, -0.2) is 4.98 Å². The van der Waals surface area contributed by atoms with Gasteiger partial charge in [0.05, 0.1) is 17.3 Å². The zero-order valence-corrected chi connectivity index (χ0v) is 15.3. The molecule has 1 fully saturated rings. The molecule has 3 heterocycles. The minimum absolute atomic E-state index is 0.149. The summed E-state index contributed by atoms with van der Waals surface area (Å²) < 4.78 is 6.86. The second-order valence-corrected chi connectivity index (χ2v) is 7.30. The fourth-order valence-corrected chi connectivity index (χ4v) is 3.61. The van der Waals surface area contributed by atoms with Crippen molar-refractivity contribution < 1.29 is 4.52 Å². The van der Waals surface area contributed by atoms with Crippen molar-refractivity contribution in [3.63, 3.8) is 0 Å². The second-order valence-electron chi connectivity index (χ2n) is 6.86. The lowest BCUT2D eigenvalue weighted by Gasteiger charge is -2.14. The van der Waals surface area contributed by atoms with Gasteiger partial charge in [-0.3, -0.25) is 14.1 Å². The SMILES string of the molecule is CN(Cc1cc(=O)n2cc(Cl)ccc2n1)Cc1noc(C2CCCC2)n1. The van der Waals surface area contributed by atoms with Gasteiger partial charge in [0.15, 0.2) is 5.82 Å². The Hall–Kier alpha value is -2.25. The van der Waals surface area contributed by atoms with Crippen LogP contribution in [0.15, 0.2) is 33.7 Å². The van der Waals surface area contributed by atoms with Crippen molar-refractivity contribution in [2.45, 2.75) is 44.7 Å². The van der Waals surface area contributed by atoms with E-state index in [0.717, 1.165) is 18.7 Å². The lowest BCUT2D eigenvalue weighted by molar-refractivity contribution is 0.295. The molecule has 136 valence electrons. The first kappa shape index (κ1) is 17.2. The van der Waals surface area contributed by atoms with Crippen molar-refractivity contribution >= 4 is 17.2 Å². The summed E-state index contributed by atoms with van der Waals surface area (Å²) >= 11 is 5.94. The van der Waals surface area contributed by atoms with Crippen molar-refractivity contribution in [1.29, 1.82) is 0 Å². The molecule has 8 heteroatoms. The highest BCUT2D eigenvalue weighted by atomic mass is 35.5. The van der Waals surface area contributed by atoms with Crippen LogP contribution >= 0.6 is 11.6 Å². The summed E-state index contributed by atoms with van der Waals surface area (Å²) in [5.41, 5.74) is 1.12. The van der Waals surface area contributed by atoms with Crippen molar-refractivity contribution in [2.24, 2.45) is 0 Å². The first-order valence-electron chi connectivity index (χ1n) is 8.77. The second kappa shape index (κ2) is 7.17. The van der Waals surface area contributed by atoms with Crippen molar-refractivity contribution in [1.82, 2.24) is 24.4 Å². The summed E-state index contributed by atoms with van der Waals surface area (Å²) in [6.45, 7) is 1.06. The number of aromatic nitrogens is 4. The van der Waals surface area contributed by atoms with Crippen LogP contribution in [0.25, 0.3) is 5.65 Å². The lowest BCUT2D eigenvalue weighted by atomic mass is 10.1. The van der Waals surface area contributed by atoms with Crippen LogP contribution in [0.1, 0.15) is 49.0 Å². The van der Waals surface area contributed by atoms with Gasteiger partial charge in [-0.2, -0.15) is 4.98 Å². The molecule has 1 aliphatic rings. The summed E-state index contributed by atoms with van der Waals surface area (Å²) in [7, 11) is 1.94. The quantitative estimate of drug-likeness (QED) is 0.684. The fourth-order valence-electron chi connectivity index (χ4n) is 3.45. The normalized spacial score (nSPS) is 15.3. The van der Waals surface area contributed by atoms with Crippen LogP contribution in [0, 0.1) is 0 Å². The zero-order chi connectivity index (χ0) is 18.1. The van der Waals surface area contributed by atoms with Gasteiger partial charge in [0, 0.05) is 24.7 Å². The molecule has 0 saturated heterocycles. The molecular weight excluding hydrogens is 354 g/mol. The van der Waals surface area contributed by atoms with E-state index in [1.165, 1.54) is 23.3 Å². The monoisotopic (exact) mass is 373 g/mol. The van der Waals surface area contributed by atoms with E-state index < -0.39 is 0 Å². The van der Waals surface area contributed by atoms with Crippen LogP contribution in [0.4, 0.5) is 0 Å². The molecule has 3 aromatic heterocycles. The Kier molecular flexibility index (Phi) is 4.74. The fraction of sp³-hybridized carbons (Fsp3) is 0.444. The Morgan fingerprint density at radius 3 is 2.88 bits per heavy atom. The van der Waals surface area contributed by atoms with Gasteiger partial charge in [-0.15, -0.1) is 0 Å². The van der Waals surface area contributed by atoms with Crippen LogP contribution in [0.3, 0.4) is 0 Å². The zero-order valence-electron chi connectivity index (χ0n) is 14.6. The van der Waals surface area contributed by atoms with E-state index in [1.807, 2.05) is 11.9 Å². The van der Waals surface area contributed by atoms with Gasteiger partial charge < -0.3 is 4.52 Å². The first-order chi connectivity index (χ1) is 12.6. The van der Waals surface area contributed by atoms with E-state index in [0.29, 0.717) is 41.2 Å². The third kappa shape index (κ3) is 3.64. The molecular formula is C18H20ClN5O2. The molecule has 0 amide bonds. The maximum atomic E-state index is 12.2. The highest BCUT2D eigenvalue weighted by molar-refractivity contribution is 6.30. The average molecular weight is 374 g/mol. The molecule has 0 N–H and O–H groups in total. The Morgan fingerprint density at radius 1 is 1.27 bits per heavy atom. The minimum atomic E-state index is -0.149. The smallest absolute Gasteiger partial charge is 0.258 e. The molecule has 0 aromatic carbocycles. The molecule has 26 heavy (non-hydrogen) atoms. The molecule has 0 unspecified atom stereocenters. The summed E-state index contributed by atoms with van der Waals surface area (Å²) in [6, 6.07) is 4.99. The molecule has 1 aliphatic carbocycles. The number of halogens is 1. The van der Waals surface area contributed by atoms with E-state index in [-0.39, 0.29) is 5.56 Å². The third-order valence-corrected chi connectivity index (χ3v) is 4.93. The molecule has 1 saturated carbocycles. The number of hydrogen-bond donors (Lipinski definition) is 0. The maximum absolute atomic E-state index is 12.2. The third-order valence-electron chi connectivity index (χ3n) is 4.71. The first-order valence-corrected chi connectivity index (χ1v) is 9.15. The topological polar surface area (TPSA) is 76.5 Å². The molecule has 0 radical (unpaired) electrons. The summed E-state index contributed by atoms with van der Waals surface area (Å²) in [5, 5.41) is 4.59. The van der Waals surface area contributed by atoms with Gasteiger partial charge in [-0.1, -0.05) is 29.6 Å². The van der Waals surface area contributed by atoms with Crippen molar-refractivity contribution in [3.05, 3.63) is 57.2 Å². The van der Waals surface area contributed by atoms with E-state index >= 15 is 0 Å². The predicted octanol–water partition coefficient (Wildman–Crippen LogP) is 3.02. The minimum Gasteiger partial charge on any atom is -0.339 e. The standard InChI is InChI=1S/C18H20ClN5O2/c1-23(11-15-21-18(26-22-15)12-4-2-3-5-12)10-14-8-17(25)24-9-13(19)6-7-16(24)20-14/h6-9,12H,2-5,10-11H2,1H3. The van der Waals surface area contributed by atoms with Gasteiger partial charge in [0.2, 0.25) is 5.89 Å². The van der Waals surface area contributed by atoms with E-state index in [2.05, 4.69) is 15.1 Å². The Balaban J connectivity index is 1.46. The van der Waals surface area contributed by atoms with Gasteiger partial charge in [0.1, 0.15) is 5.65 Å². The van der Waals surface area contributed by atoms with Gasteiger partial charge >= 0.3 is 0 Å². The molecule has 0 spiro atoms. The summed E-state index contributed by atoms with van der Waals surface area (Å²) in [6.07, 6.45) is 6.30. The van der Waals surface area contributed by atoms with Crippen LogP contribution in [-0.4, -0.2) is 31.5 Å². The van der Waals surface area contributed by atoms with Crippen molar-refractivity contribution in [3.8, 4) is 0 Å². The number of nitrogens with zero attached hydrogens (tertiary/aromatic N) is 5. The van der Waals surface area contributed by atoms with Gasteiger partial charge in [-0.05, 0) is 32.0 Å². The lowest BCUT2D eigenvalue weighted by Crippen LogP contribution is -2.22. The highest BCUT2D eigenvalue weighted by Crippen LogP contribution is 2.32. The molecule has 4 rings (SSSR count). The van der Waals surface area contributed by atoms with E-state index in [9.17, 15) is 4.79 Å². The molecule has 0 aliphatic heterocycles. The molecule has 0 atom stereocenters. The number of pyridine rings is 1. The Bertz CT molecular complexity index is 977. The molecule has 7 nitrogen and oxygen atoms in total. The number of rotatable bonds is 5. The maximum Gasteiger partial charge on any atom is 0.258 e. The van der Waals surface area contributed by atoms with Crippen molar-refractivity contribution in [2.75, 3.05) is 7.05 Å². The van der Waals surface area contributed by atoms with Crippen LogP contribution in [-0.2, 0) is 13.1 Å². The van der Waals surface area contributed by atoms with Crippen LogP contribution in [0.2, 0.25) is 5.02 Å². The molecule has 3 aromatic rings. The molecule has 0 bridgehead atoms. The van der Waals surface area contributed by atoms with E-state index in [1.54, 1.807) is 18.3 Å². The van der Waals surface area contributed by atoms with Gasteiger partial charge in [0.25, 0.3) is 5.56 Å². The van der Waals surface area contributed by atoms with E-state index in [4.69, 9.17) is 16.1 Å². The average Bonchev–Trinajstić information content (AvgIpc) is 3.27. The van der Waals surface area contributed by atoms with Crippen LogP contribution in [0.5, 0.6) is 0 Å². The highest BCUT2D eigenvalue weighted by Gasteiger charge is 2.23. The summed E-state index contributed by atoms with van der Waals surface area (Å²) in [5.74, 6) is 1.83. The predicted molar refractivity (Wildman–Crippen MR) is 97.2 cm³/mol. The number of hydrogen-bond acceptors (Lipinski definition) is 6.